The number of cyclic esters (lactones) is 1. The maximum absolute atomic E-state index is 14.3. The molecule has 2 heterocycles. The number of aromatic nitrogens is 2. The number of hydrogen-bond acceptors (Lipinski definition) is 6. The molecule has 1 aliphatic carbocycles. The van der Waals surface area contributed by atoms with Crippen molar-refractivity contribution in [3.63, 3.8) is 0 Å². The van der Waals surface area contributed by atoms with Gasteiger partial charge in [0.1, 0.15) is 18.3 Å². The van der Waals surface area contributed by atoms with Crippen LogP contribution < -0.4 is 15.5 Å². The van der Waals surface area contributed by atoms with Crippen LogP contribution in [-0.4, -0.2) is 52.0 Å². The molecule has 1 unspecified atom stereocenters. The summed E-state index contributed by atoms with van der Waals surface area (Å²) in [5.41, 5.74) is -1.95. The van der Waals surface area contributed by atoms with Crippen LogP contribution in [0.25, 0.3) is 0 Å². The maximum atomic E-state index is 14.3. The van der Waals surface area contributed by atoms with E-state index < -0.39 is 66.6 Å². The van der Waals surface area contributed by atoms with Crippen LogP contribution in [0.3, 0.4) is 0 Å². The molecule has 0 bridgehead atoms. The van der Waals surface area contributed by atoms with Crippen molar-refractivity contribution in [2.75, 3.05) is 16.8 Å². The Bertz CT molecular complexity index is 1450. The molecule has 1 saturated heterocycles. The number of benzene rings is 2. The van der Waals surface area contributed by atoms with Crippen LogP contribution in [0.2, 0.25) is 5.02 Å². The van der Waals surface area contributed by atoms with Crippen molar-refractivity contribution in [1.29, 1.82) is 0 Å². The first-order chi connectivity index (χ1) is 19.6. The molecule has 2 N–H and O–H groups in total. The fraction of sp³-hybridized carbons (Fsp3) is 0.321. The summed E-state index contributed by atoms with van der Waals surface area (Å²) in [5, 5.41) is 5.49. The van der Waals surface area contributed by atoms with E-state index in [9.17, 15) is 27.6 Å². The Hall–Kier alpha value is -4.19. The Labute approximate surface area is 238 Å². The minimum absolute atomic E-state index is 0.0113. The number of amides is 3. The number of carbonyl (C=O) groups excluding carboxylic acids is 3. The standard InChI is InChI=1S/C28H25ClF3N5O4/c29-21-8-2-1-7-20(21)22(23(38)35-18-9-11-27(31,32)12-10-18)28(24(39)36-19-6-3-5-17(30)15-19)16-41-26(40)37(28)25-33-13-4-14-34-25/h1-8,13-15,18,22H,9-12,16H2,(H,35,38)(H,36,39)/t22-,28?/m1/s1. The Morgan fingerprint density at radius 1 is 1.05 bits per heavy atom. The fourth-order valence-corrected chi connectivity index (χ4v) is 5.49. The smallest absolute Gasteiger partial charge is 0.417 e. The van der Waals surface area contributed by atoms with Crippen molar-refractivity contribution >= 4 is 41.1 Å². The lowest BCUT2D eigenvalue weighted by Gasteiger charge is -2.39. The van der Waals surface area contributed by atoms with Crippen LogP contribution >= 0.6 is 11.6 Å². The minimum atomic E-state index is -2.83. The predicted octanol–water partition coefficient (Wildman–Crippen LogP) is 5.08. The van der Waals surface area contributed by atoms with Gasteiger partial charge in [-0.05, 0) is 48.7 Å². The second kappa shape index (κ2) is 11.4. The van der Waals surface area contributed by atoms with Gasteiger partial charge < -0.3 is 15.4 Å². The average Bonchev–Trinajstić information content (AvgIpc) is 3.29. The number of carbonyl (C=O) groups is 3. The molecule has 0 radical (unpaired) electrons. The Kier molecular flexibility index (Phi) is 7.85. The molecule has 214 valence electrons. The molecule has 1 saturated carbocycles. The Morgan fingerprint density at radius 2 is 1.76 bits per heavy atom. The van der Waals surface area contributed by atoms with Crippen LogP contribution in [0.15, 0.2) is 67.0 Å². The van der Waals surface area contributed by atoms with E-state index in [-0.39, 0.29) is 35.1 Å². The van der Waals surface area contributed by atoms with Gasteiger partial charge in [0.2, 0.25) is 17.8 Å². The predicted molar refractivity (Wildman–Crippen MR) is 143 cm³/mol. The van der Waals surface area contributed by atoms with Gasteiger partial charge in [0.05, 0.1) is 0 Å². The number of nitrogens with zero attached hydrogens (tertiary/aromatic N) is 3. The molecule has 2 aliphatic rings. The van der Waals surface area contributed by atoms with Crippen LogP contribution in [0, 0.1) is 5.82 Å². The third kappa shape index (κ3) is 5.69. The molecule has 1 aromatic heterocycles. The zero-order valence-electron chi connectivity index (χ0n) is 21.5. The Balaban J connectivity index is 1.64. The summed E-state index contributed by atoms with van der Waals surface area (Å²) in [6.07, 6.45) is 0.880. The van der Waals surface area contributed by atoms with Crippen molar-refractivity contribution in [3.8, 4) is 0 Å². The highest BCUT2D eigenvalue weighted by Gasteiger charge is 2.63. The summed E-state index contributed by atoms with van der Waals surface area (Å²) in [4.78, 5) is 50.9. The van der Waals surface area contributed by atoms with Crippen molar-refractivity contribution in [1.82, 2.24) is 15.3 Å². The molecule has 9 nitrogen and oxygen atoms in total. The van der Waals surface area contributed by atoms with E-state index in [1.54, 1.807) is 12.1 Å². The van der Waals surface area contributed by atoms with Gasteiger partial charge in [-0.15, -0.1) is 0 Å². The molecule has 3 aromatic rings. The highest BCUT2D eigenvalue weighted by atomic mass is 35.5. The maximum Gasteiger partial charge on any atom is 0.417 e. The molecular formula is C28H25ClF3N5O4. The van der Waals surface area contributed by atoms with Crippen molar-refractivity contribution < 1.29 is 32.3 Å². The normalized spacial score (nSPS) is 21.2. The van der Waals surface area contributed by atoms with Crippen molar-refractivity contribution in [2.24, 2.45) is 0 Å². The topological polar surface area (TPSA) is 114 Å². The van der Waals surface area contributed by atoms with E-state index in [1.165, 1.54) is 48.8 Å². The SMILES string of the molecule is O=C(NC1CCC(F)(F)CC1)[C@@H](c1ccccc1Cl)C1(C(=O)Nc2cccc(F)c2)COC(=O)N1c1ncccn1. The van der Waals surface area contributed by atoms with E-state index >= 15 is 0 Å². The number of hydrogen-bond donors (Lipinski definition) is 2. The van der Waals surface area contributed by atoms with Crippen LogP contribution in [0.1, 0.15) is 37.2 Å². The zero-order chi connectivity index (χ0) is 29.2. The van der Waals surface area contributed by atoms with E-state index in [2.05, 4.69) is 20.6 Å². The molecule has 2 atom stereocenters. The molecule has 5 rings (SSSR count). The lowest BCUT2D eigenvalue weighted by atomic mass is 9.76. The second-order valence-electron chi connectivity index (χ2n) is 9.92. The molecule has 13 heteroatoms. The quantitative estimate of drug-likeness (QED) is 0.399. The van der Waals surface area contributed by atoms with Gasteiger partial charge in [-0.25, -0.2) is 32.8 Å². The van der Waals surface area contributed by atoms with Crippen LogP contribution in [0.4, 0.5) is 29.6 Å². The summed E-state index contributed by atoms with van der Waals surface area (Å²) in [7, 11) is 0. The van der Waals surface area contributed by atoms with Gasteiger partial charge in [-0.1, -0.05) is 35.9 Å². The largest absolute Gasteiger partial charge is 0.446 e. The lowest BCUT2D eigenvalue weighted by molar-refractivity contribution is -0.131. The number of anilines is 2. The van der Waals surface area contributed by atoms with E-state index in [1.807, 2.05) is 0 Å². The molecule has 0 spiro atoms. The highest BCUT2D eigenvalue weighted by Crippen LogP contribution is 2.44. The van der Waals surface area contributed by atoms with Crippen molar-refractivity contribution in [2.45, 2.75) is 49.1 Å². The third-order valence-electron chi connectivity index (χ3n) is 7.24. The molecule has 1 aliphatic heterocycles. The highest BCUT2D eigenvalue weighted by molar-refractivity contribution is 6.32. The van der Waals surface area contributed by atoms with Gasteiger partial charge in [0.15, 0.2) is 5.54 Å². The molecule has 3 amide bonds. The third-order valence-corrected chi connectivity index (χ3v) is 7.59. The number of rotatable bonds is 7. The van der Waals surface area contributed by atoms with Crippen molar-refractivity contribution in [3.05, 3.63) is 83.4 Å². The van der Waals surface area contributed by atoms with Gasteiger partial charge in [0, 0.05) is 42.0 Å². The van der Waals surface area contributed by atoms with Gasteiger partial charge >= 0.3 is 6.09 Å². The van der Waals surface area contributed by atoms with Crippen LogP contribution in [0.5, 0.6) is 0 Å². The summed E-state index contributed by atoms with van der Waals surface area (Å²) in [6, 6.07) is 12.2. The Morgan fingerprint density at radius 3 is 2.44 bits per heavy atom. The summed E-state index contributed by atoms with van der Waals surface area (Å²) < 4.78 is 47.1. The number of alkyl halides is 2. The molecule has 2 fully saturated rings. The number of ether oxygens (including phenoxy) is 1. The second-order valence-corrected chi connectivity index (χ2v) is 10.3. The van der Waals surface area contributed by atoms with E-state index in [4.69, 9.17) is 16.3 Å². The van der Waals surface area contributed by atoms with Gasteiger partial charge in [-0.2, -0.15) is 0 Å². The van der Waals surface area contributed by atoms with E-state index in [0.717, 1.165) is 11.0 Å². The average molecular weight is 588 g/mol. The van der Waals surface area contributed by atoms with E-state index in [0.29, 0.717) is 0 Å². The molecule has 2 aromatic carbocycles. The molecule has 41 heavy (non-hydrogen) atoms. The van der Waals surface area contributed by atoms with Gasteiger partial charge in [0.25, 0.3) is 5.91 Å². The monoisotopic (exact) mass is 587 g/mol. The summed E-state index contributed by atoms with van der Waals surface area (Å²) in [5.74, 6) is -6.87. The van der Waals surface area contributed by atoms with Crippen LogP contribution in [-0.2, 0) is 14.3 Å². The first-order valence-electron chi connectivity index (χ1n) is 12.8. The first-order valence-corrected chi connectivity index (χ1v) is 13.2. The minimum Gasteiger partial charge on any atom is -0.446 e. The zero-order valence-corrected chi connectivity index (χ0v) is 22.3. The molecular weight excluding hydrogens is 563 g/mol. The van der Waals surface area contributed by atoms with Gasteiger partial charge in [-0.3, -0.25) is 9.59 Å². The lowest BCUT2D eigenvalue weighted by Crippen LogP contribution is -2.64. The summed E-state index contributed by atoms with van der Waals surface area (Å²) in [6.45, 7) is -0.628. The number of nitrogens with one attached hydrogen (secondary N) is 2. The first kappa shape index (κ1) is 28.3. The summed E-state index contributed by atoms with van der Waals surface area (Å²) >= 11 is 6.56. The number of halogens is 4. The fourth-order valence-electron chi connectivity index (χ4n) is 5.24.